The predicted molar refractivity (Wildman–Crippen MR) is 81.8 cm³/mol. The number of ether oxygens (including phenoxy) is 1. The number of hydrogen-bond acceptors (Lipinski definition) is 3. The average Bonchev–Trinajstić information content (AvgIpc) is 2.65. The number of carbonyl (C=O) groups is 1. The van der Waals surface area contributed by atoms with Gasteiger partial charge in [-0.3, -0.25) is 4.79 Å². The van der Waals surface area contributed by atoms with Crippen LogP contribution in [0.4, 0.5) is 0 Å². The molecule has 1 aromatic carbocycles. The molecular formula is C16H17BrO3. The van der Waals surface area contributed by atoms with Crippen molar-refractivity contribution in [1.29, 1.82) is 0 Å². The quantitative estimate of drug-likeness (QED) is 0.774. The van der Waals surface area contributed by atoms with Gasteiger partial charge in [0.05, 0.1) is 18.2 Å². The van der Waals surface area contributed by atoms with Crippen molar-refractivity contribution in [2.24, 2.45) is 0 Å². The minimum Gasteiger partial charge on any atom is -0.496 e. The summed E-state index contributed by atoms with van der Waals surface area (Å²) in [7, 11) is 1.57. The zero-order valence-electron chi connectivity index (χ0n) is 12.3. The maximum absolute atomic E-state index is 12.8. The molecule has 4 heteroatoms. The summed E-state index contributed by atoms with van der Waals surface area (Å²) in [6.07, 6.45) is 0. The van der Waals surface area contributed by atoms with E-state index in [2.05, 4.69) is 15.9 Å². The molecule has 0 unspecified atom stereocenters. The molecule has 0 amide bonds. The molecule has 0 radical (unpaired) electrons. The molecule has 2 rings (SSSR count). The smallest absolute Gasteiger partial charge is 0.200 e. The number of carbonyl (C=O) groups excluding carboxylic acids is 1. The topological polar surface area (TPSA) is 39.4 Å². The van der Waals surface area contributed by atoms with Crippen LogP contribution in [-0.4, -0.2) is 12.9 Å². The van der Waals surface area contributed by atoms with Crippen LogP contribution in [0, 0.1) is 27.7 Å². The van der Waals surface area contributed by atoms with Crippen LogP contribution in [0.3, 0.4) is 0 Å². The fourth-order valence-corrected chi connectivity index (χ4v) is 2.61. The lowest BCUT2D eigenvalue weighted by Crippen LogP contribution is -2.06. The minimum atomic E-state index is -0.0746. The van der Waals surface area contributed by atoms with E-state index in [0.29, 0.717) is 22.6 Å². The lowest BCUT2D eigenvalue weighted by atomic mass is 9.98. The second kappa shape index (κ2) is 5.44. The van der Waals surface area contributed by atoms with E-state index < -0.39 is 0 Å². The van der Waals surface area contributed by atoms with Crippen LogP contribution in [0.5, 0.6) is 5.75 Å². The zero-order chi connectivity index (χ0) is 15.0. The van der Waals surface area contributed by atoms with Gasteiger partial charge in [0.1, 0.15) is 17.3 Å². The number of rotatable bonds is 3. The largest absolute Gasteiger partial charge is 0.496 e. The van der Waals surface area contributed by atoms with E-state index in [9.17, 15) is 4.79 Å². The lowest BCUT2D eigenvalue weighted by Gasteiger charge is -2.10. The van der Waals surface area contributed by atoms with Crippen LogP contribution in [0.15, 0.2) is 21.0 Å². The van der Waals surface area contributed by atoms with Crippen LogP contribution in [0.1, 0.15) is 38.6 Å². The minimum absolute atomic E-state index is 0.0746. The van der Waals surface area contributed by atoms with Crippen molar-refractivity contribution in [2.75, 3.05) is 7.11 Å². The number of methoxy groups -OCH3 is 1. The normalized spacial score (nSPS) is 10.7. The van der Waals surface area contributed by atoms with Crippen molar-refractivity contribution < 1.29 is 13.9 Å². The molecule has 0 aliphatic carbocycles. The highest BCUT2D eigenvalue weighted by molar-refractivity contribution is 9.10. The Kier molecular flexibility index (Phi) is 4.04. The molecule has 0 fully saturated rings. The maximum Gasteiger partial charge on any atom is 0.200 e. The molecule has 0 aliphatic rings. The van der Waals surface area contributed by atoms with Crippen molar-refractivity contribution in [1.82, 2.24) is 0 Å². The Labute approximate surface area is 127 Å². The van der Waals surface area contributed by atoms with Crippen LogP contribution in [0.25, 0.3) is 0 Å². The number of hydrogen-bond donors (Lipinski definition) is 0. The first kappa shape index (κ1) is 14.9. The van der Waals surface area contributed by atoms with E-state index in [0.717, 1.165) is 21.4 Å². The van der Waals surface area contributed by atoms with Crippen molar-refractivity contribution in [3.05, 3.63) is 50.4 Å². The Morgan fingerprint density at radius 3 is 2.30 bits per heavy atom. The molecule has 3 nitrogen and oxygen atoms in total. The Morgan fingerprint density at radius 2 is 1.80 bits per heavy atom. The van der Waals surface area contributed by atoms with Gasteiger partial charge in [-0.15, -0.1) is 0 Å². The maximum atomic E-state index is 12.8. The van der Waals surface area contributed by atoms with Crippen molar-refractivity contribution in [3.63, 3.8) is 0 Å². The van der Waals surface area contributed by atoms with Crippen molar-refractivity contribution >= 4 is 21.7 Å². The van der Waals surface area contributed by atoms with E-state index in [4.69, 9.17) is 9.15 Å². The van der Waals surface area contributed by atoms with Crippen molar-refractivity contribution in [2.45, 2.75) is 27.7 Å². The standard InChI is InChI=1S/C16H17BrO3/c1-8-6-14(19-5)12(7-13(8)17)16(18)15-9(2)10(3)20-11(15)4/h6-7H,1-5H3. The summed E-state index contributed by atoms with van der Waals surface area (Å²) in [6, 6.07) is 3.66. The van der Waals surface area contributed by atoms with Gasteiger partial charge in [-0.25, -0.2) is 0 Å². The Hall–Kier alpha value is -1.55. The second-order valence-corrected chi connectivity index (χ2v) is 5.70. The van der Waals surface area contributed by atoms with Gasteiger partial charge in [-0.1, -0.05) is 15.9 Å². The SMILES string of the molecule is COc1cc(C)c(Br)cc1C(=O)c1c(C)oc(C)c1C. The van der Waals surface area contributed by atoms with E-state index in [1.54, 1.807) is 13.2 Å². The molecule has 20 heavy (non-hydrogen) atoms. The molecule has 2 aromatic rings. The number of ketones is 1. The van der Waals surface area contributed by atoms with Crippen molar-refractivity contribution in [3.8, 4) is 5.75 Å². The first-order chi connectivity index (χ1) is 9.36. The highest BCUT2D eigenvalue weighted by Gasteiger charge is 2.23. The van der Waals surface area contributed by atoms with Gasteiger partial charge in [0, 0.05) is 10.0 Å². The molecule has 106 valence electrons. The molecule has 0 bridgehead atoms. The first-order valence-corrected chi connectivity index (χ1v) is 7.11. The fraction of sp³-hybridized carbons (Fsp3) is 0.312. The summed E-state index contributed by atoms with van der Waals surface area (Å²) >= 11 is 3.46. The monoisotopic (exact) mass is 336 g/mol. The van der Waals surface area contributed by atoms with E-state index in [-0.39, 0.29) is 5.78 Å². The Bertz CT molecular complexity index is 684. The highest BCUT2D eigenvalue weighted by Crippen LogP contribution is 2.31. The summed E-state index contributed by atoms with van der Waals surface area (Å²) in [5.74, 6) is 1.92. The average molecular weight is 337 g/mol. The number of benzene rings is 1. The molecule has 0 saturated heterocycles. The first-order valence-electron chi connectivity index (χ1n) is 6.32. The third-order valence-corrected chi connectivity index (χ3v) is 4.37. The van der Waals surface area contributed by atoms with E-state index in [1.807, 2.05) is 33.8 Å². The summed E-state index contributed by atoms with van der Waals surface area (Å²) in [5, 5.41) is 0. The van der Waals surface area contributed by atoms with Crippen LogP contribution in [-0.2, 0) is 0 Å². The molecular weight excluding hydrogens is 320 g/mol. The number of aryl methyl sites for hydroxylation is 3. The van der Waals surface area contributed by atoms with Gasteiger partial charge < -0.3 is 9.15 Å². The van der Waals surface area contributed by atoms with Crippen LogP contribution in [0.2, 0.25) is 0 Å². The number of furan rings is 1. The molecule has 1 aromatic heterocycles. The highest BCUT2D eigenvalue weighted by atomic mass is 79.9. The van der Waals surface area contributed by atoms with Crippen LogP contribution >= 0.6 is 15.9 Å². The summed E-state index contributed by atoms with van der Waals surface area (Å²) in [6.45, 7) is 7.53. The predicted octanol–water partition coefficient (Wildman–Crippen LogP) is 4.52. The van der Waals surface area contributed by atoms with Gasteiger partial charge in [-0.05, 0) is 45.4 Å². The van der Waals surface area contributed by atoms with Gasteiger partial charge >= 0.3 is 0 Å². The third-order valence-electron chi connectivity index (χ3n) is 3.51. The molecule has 1 heterocycles. The van der Waals surface area contributed by atoms with E-state index >= 15 is 0 Å². The molecule has 0 aliphatic heterocycles. The zero-order valence-corrected chi connectivity index (χ0v) is 13.8. The Morgan fingerprint density at radius 1 is 1.15 bits per heavy atom. The second-order valence-electron chi connectivity index (χ2n) is 4.85. The summed E-state index contributed by atoms with van der Waals surface area (Å²) in [5.41, 5.74) is 3.06. The molecule has 0 spiro atoms. The van der Waals surface area contributed by atoms with Gasteiger partial charge in [-0.2, -0.15) is 0 Å². The third kappa shape index (κ3) is 2.40. The molecule has 0 N–H and O–H groups in total. The summed E-state index contributed by atoms with van der Waals surface area (Å²) < 4.78 is 11.8. The lowest BCUT2D eigenvalue weighted by molar-refractivity contribution is 0.103. The summed E-state index contributed by atoms with van der Waals surface area (Å²) in [4.78, 5) is 12.8. The van der Waals surface area contributed by atoms with Gasteiger partial charge in [0.2, 0.25) is 5.78 Å². The van der Waals surface area contributed by atoms with E-state index in [1.165, 1.54) is 0 Å². The molecule has 0 atom stereocenters. The number of halogens is 1. The van der Waals surface area contributed by atoms with Gasteiger partial charge in [0.15, 0.2) is 0 Å². The van der Waals surface area contributed by atoms with Gasteiger partial charge in [0.25, 0.3) is 0 Å². The Balaban J connectivity index is 2.62. The van der Waals surface area contributed by atoms with Crippen LogP contribution < -0.4 is 4.74 Å². The molecule has 0 saturated carbocycles. The fourth-order valence-electron chi connectivity index (χ4n) is 2.26.